The molecule has 4 aromatic heterocycles. The molecule has 0 spiro atoms. The molecule has 3 fully saturated rings. The van der Waals surface area contributed by atoms with E-state index in [4.69, 9.17) is 39.4 Å². The van der Waals surface area contributed by atoms with Crippen LogP contribution in [0.4, 0.5) is 14.6 Å². The van der Waals surface area contributed by atoms with Gasteiger partial charge in [-0.25, -0.2) is 28.7 Å². The van der Waals surface area contributed by atoms with Gasteiger partial charge in [0.05, 0.1) is 19.3 Å². The fourth-order valence-electron chi connectivity index (χ4n) is 6.76. The van der Waals surface area contributed by atoms with Crippen LogP contribution in [-0.4, -0.2) is 119 Å². The molecule has 0 aliphatic carbocycles. The average molecular weight is 839 g/mol. The van der Waals surface area contributed by atoms with Crippen LogP contribution in [0.1, 0.15) is 28.4 Å². The molecule has 3 aliphatic heterocycles. The number of amides is 1. The van der Waals surface area contributed by atoms with E-state index in [1.807, 2.05) is 31.1 Å². The number of aromatic amines is 1. The van der Waals surface area contributed by atoms with Gasteiger partial charge in [-0.3, -0.25) is 18.7 Å². The number of halogens is 2. The molecule has 7 heterocycles. The maximum atomic E-state index is 16.4. The minimum atomic E-state index is -4.37. The molecule has 5 aromatic rings. The maximum absolute atomic E-state index is 16.4. The largest absolute Gasteiger partial charge is 0.697 e. The Kier molecular flexibility index (Phi) is 10.6. The molecule has 3 saturated heterocycles. The second-order valence-electron chi connectivity index (χ2n) is 13.2. The van der Waals surface area contributed by atoms with E-state index in [0.29, 0.717) is 12.1 Å². The van der Waals surface area contributed by atoms with Crippen molar-refractivity contribution in [1.82, 2.24) is 39.0 Å². The Morgan fingerprint density at radius 3 is 2.70 bits per heavy atom. The third-order valence-corrected chi connectivity index (χ3v) is 11.6. The molecule has 8 rings (SSSR count). The molecule has 1 amide bonds. The zero-order valence-corrected chi connectivity index (χ0v) is 31.7. The van der Waals surface area contributed by atoms with Crippen molar-refractivity contribution in [3.63, 3.8) is 0 Å². The molecule has 2 bridgehead atoms. The molecule has 0 saturated carbocycles. The van der Waals surface area contributed by atoms with Crippen molar-refractivity contribution in [3.05, 3.63) is 76.7 Å². The first-order valence-corrected chi connectivity index (χ1v) is 20.5. The number of nitrogens with one attached hydrogen (secondary N) is 2. The summed E-state index contributed by atoms with van der Waals surface area (Å²) >= 11 is 5.25. The number of ether oxygens (including phenoxy) is 2. The first kappa shape index (κ1) is 38.8. The average Bonchev–Trinajstić information content (AvgIpc) is 3.90. The van der Waals surface area contributed by atoms with Crippen molar-refractivity contribution >= 4 is 60.7 Å². The lowest BCUT2D eigenvalue weighted by atomic mass is 10.1. The summed E-state index contributed by atoms with van der Waals surface area (Å²) in [5.74, 6) is -1.38. The minimum absolute atomic E-state index is 0.0409. The zero-order valence-electron chi connectivity index (χ0n) is 29.1. The zero-order chi connectivity index (χ0) is 39.5. The predicted octanol–water partition coefficient (Wildman–Crippen LogP) is 2.20. The molecule has 3 aliphatic rings. The summed E-state index contributed by atoms with van der Waals surface area (Å²) in [6, 6.07) is 7.06. The first-order chi connectivity index (χ1) is 26.8. The number of hydrogen-bond donors (Lipinski definition) is 4. The van der Waals surface area contributed by atoms with Crippen LogP contribution >= 0.6 is 15.0 Å². The number of carbonyl (C=O) groups is 1. The molecule has 296 valence electrons. The van der Waals surface area contributed by atoms with Gasteiger partial charge in [-0.1, -0.05) is 18.2 Å². The summed E-state index contributed by atoms with van der Waals surface area (Å²) < 4.78 is 80.7. The molecular weight excluding hydrogens is 806 g/mol. The number of imidazole rings is 1. The van der Waals surface area contributed by atoms with Crippen molar-refractivity contribution in [2.75, 3.05) is 32.6 Å². The highest BCUT2D eigenvalue weighted by atomic mass is 32.5. The number of carbonyl (C=O) groups excluding carboxylic acids is 1. The maximum Gasteiger partial charge on any atom is 0.697 e. The number of aliphatic hydroxyl groups excluding tert-OH is 1. The van der Waals surface area contributed by atoms with E-state index in [2.05, 4.69) is 30.2 Å². The summed E-state index contributed by atoms with van der Waals surface area (Å²) in [6.07, 6.45) is -8.34. The second kappa shape index (κ2) is 15.3. The van der Waals surface area contributed by atoms with Crippen LogP contribution in [0.2, 0.25) is 0 Å². The van der Waals surface area contributed by atoms with Crippen LogP contribution in [0.3, 0.4) is 0 Å². The van der Waals surface area contributed by atoms with Crippen molar-refractivity contribution in [1.29, 1.82) is 0 Å². The molecule has 25 heteroatoms. The quantitative estimate of drug-likeness (QED) is 0.179. The Morgan fingerprint density at radius 2 is 1.89 bits per heavy atom. The summed E-state index contributed by atoms with van der Waals surface area (Å²) in [4.78, 5) is 57.8. The van der Waals surface area contributed by atoms with E-state index in [1.54, 1.807) is 12.1 Å². The van der Waals surface area contributed by atoms with Crippen LogP contribution in [0.15, 0.2) is 54.2 Å². The Morgan fingerprint density at radius 1 is 1.11 bits per heavy atom. The Balaban J connectivity index is 1.04. The summed E-state index contributed by atoms with van der Waals surface area (Å²) in [5, 5.41) is 13.5. The monoisotopic (exact) mass is 838 g/mol. The number of hydrogen-bond acceptors (Lipinski definition) is 16. The number of alkyl halides is 1. The normalized spacial score (nSPS) is 30.6. The van der Waals surface area contributed by atoms with Crippen LogP contribution in [0.25, 0.3) is 22.2 Å². The highest BCUT2D eigenvalue weighted by Crippen LogP contribution is 2.52. The lowest BCUT2D eigenvalue weighted by Gasteiger charge is -2.27. The Hall–Kier alpha value is -4.09. The van der Waals surface area contributed by atoms with Gasteiger partial charge < -0.3 is 43.8 Å². The SMILES string of the molecule is CN(C)Cc1ccccc1C(=O)Nc1ncnc2c1ncn2[C@@H]1OC2COP(O)(=S)O[C@H]3C(n4cc(F)c5c(=O)[nH]cnc54)O[C@H](CO[P+](=O)O[C@H]2[C@H]1F)[C@H]3O. The van der Waals surface area contributed by atoms with E-state index < -0.39 is 100 Å². The number of benzene rings is 1. The predicted molar refractivity (Wildman–Crippen MR) is 192 cm³/mol. The molecule has 0 radical (unpaired) electrons. The number of aliphatic hydroxyl groups is 1. The third kappa shape index (κ3) is 7.30. The molecule has 4 unspecified atom stereocenters. The van der Waals surface area contributed by atoms with Gasteiger partial charge in [0.15, 0.2) is 53.2 Å². The van der Waals surface area contributed by atoms with Crippen LogP contribution < -0.4 is 10.9 Å². The second-order valence-corrected chi connectivity index (χ2v) is 16.9. The highest BCUT2D eigenvalue weighted by Gasteiger charge is 2.55. The van der Waals surface area contributed by atoms with E-state index in [0.717, 1.165) is 29.0 Å². The number of H-pyrrole nitrogens is 1. The standard InChI is InChI=1S/C31H31F2N9O11P2S/c1-40(2)7-14-5-3-4-6-15(14)28(44)39-25-21-27(36-11-34-25)42(13-38-21)30-20(33)23-18(51-30)10-49-55(47,56)53-24-22(43)17(9-48-54(46)52-23)50-31(24)41-8-16(32)19-26(41)35-12-37-29(19)45/h3-6,8,11-13,17-18,20,22-24,30-31,43H,7,9-10H2,1-2H3,(H2-,34,35,36,37,39,44,45,47,56)/p+1/t17-,18?,20-,22-,23-,24-,30-,31?,55?/m1/s1. The van der Waals surface area contributed by atoms with Crippen molar-refractivity contribution in [2.45, 2.75) is 55.7 Å². The number of nitrogens with zero attached hydrogens (tertiary/aromatic N) is 7. The van der Waals surface area contributed by atoms with E-state index in [9.17, 15) is 28.5 Å². The van der Waals surface area contributed by atoms with Gasteiger partial charge in [0.25, 0.3) is 11.5 Å². The summed E-state index contributed by atoms with van der Waals surface area (Å²) in [5.41, 5.74) is 0.384. The molecule has 20 nitrogen and oxygen atoms in total. The molecule has 4 N–H and O–H groups in total. The number of rotatable bonds is 6. The lowest BCUT2D eigenvalue weighted by molar-refractivity contribution is -0.0582. The smallest absolute Gasteiger partial charge is 0.387 e. The fraction of sp³-hybridized carbons (Fsp3) is 0.419. The van der Waals surface area contributed by atoms with Crippen molar-refractivity contribution in [3.8, 4) is 0 Å². The summed E-state index contributed by atoms with van der Waals surface area (Å²) in [7, 11) is 0.624. The minimum Gasteiger partial charge on any atom is -0.387 e. The van der Waals surface area contributed by atoms with Crippen molar-refractivity contribution < 1.29 is 55.7 Å². The van der Waals surface area contributed by atoms with Crippen LogP contribution in [0, 0.1) is 5.82 Å². The first-order valence-electron chi connectivity index (χ1n) is 16.8. The van der Waals surface area contributed by atoms with Crippen LogP contribution in [-0.2, 0) is 50.5 Å². The molecule has 1 aromatic carbocycles. The van der Waals surface area contributed by atoms with E-state index >= 15 is 4.39 Å². The topological polar surface area (TPSA) is 240 Å². The van der Waals surface area contributed by atoms with Crippen LogP contribution in [0.5, 0.6) is 0 Å². The number of anilines is 1. The van der Waals surface area contributed by atoms with Gasteiger partial charge in [-0.15, -0.1) is 9.05 Å². The van der Waals surface area contributed by atoms with Gasteiger partial charge >= 0.3 is 15.0 Å². The number of fused-ring (bicyclic) bond motifs is 5. The third-order valence-electron chi connectivity index (χ3n) is 9.25. The summed E-state index contributed by atoms with van der Waals surface area (Å²) in [6.45, 7) is -5.17. The molecule has 10 atom stereocenters. The molecule has 56 heavy (non-hydrogen) atoms. The van der Waals surface area contributed by atoms with Gasteiger partial charge in [-0.2, -0.15) is 0 Å². The highest BCUT2D eigenvalue weighted by molar-refractivity contribution is 8.07. The van der Waals surface area contributed by atoms with E-state index in [-0.39, 0.29) is 22.6 Å². The van der Waals surface area contributed by atoms with E-state index in [1.165, 1.54) is 10.9 Å². The van der Waals surface area contributed by atoms with Gasteiger partial charge in [0.2, 0.25) is 0 Å². The fourth-order valence-corrected chi connectivity index (χ4v) is 8.95. The molecular formula is C31H32F2N9O11P2S+. The lowest BCUT2D eigenvalue weighted by Crippen LogP contribution is -2.35. The van der Waals surface area contributed by atoms with Gasteiger partial charge in [0.1, 0.15) is 42.7 Å². The Bertz CT molecular complexity index is 2440. The Labute approximate surface area is 319 Å². The van der Waals surface area contributed by atoms with Gasteiger partial charge in [-0.05, 0) is 37.5 Å². The van der Waals surface area contributed by atoms with Crippen molar-refractivity contribution in [2.24, 2.45) is 0 Å². The number of aromatic nitrogens is 7. The van der Waals surface area contributed by atoms with Gasteiger partial charge in [0, 0.05) is 22.9 Å².